The molecule has 12 heteroatoms. The number of carboxylic acid groups (broad SMARTS) is 1. The molecule has 2 aliphatic rings. The molecule has 6 rings (SSSR count). The van der Waals surface area contributed by atoms with Crippen molar-refractivity contribution in [1.29, 1.82) is 0 Å². The lowest BCUT2D eigenvalue weighted by molar-refractivity contribution is 0.0755. The maximum Gasteiger partial charge on any atom is 0.405 e. The zero-order chi connectivity index (χ0) is 28.9. The summed E-state index contributed by atoms with van der Waals surface area (Å²) in [6, 6.07) is 11.3. The molecule has 0 radical (unpaired) electrons. The lowest BCUT2D eigenvalue weighted by Crippen LogP contribution is -2.40. The van der Waals surface area contributed by atoms with Crippen LogP contribution in [0.25, 0.3) is 22.0 Å². The quantitative estimate of drug-likeness (QED) is 0.323. The van der Waals surface area contributed by atoms with Crippen LogP contribution in [0.4, 0.5) is 9.18 Å². The van der Waals surface area contributed by atoms with E-state index >= 15 is 0 Å². The highest BCUT2D eigenvalue weighted by atomic mass is 32.1. The van der Waals surface area contributed by atoms with Gasteiger partial charge in [-0.2, -0.15) is 0 Å². The standard InChI is InChI=1S/C29H27FN6O4S/c1-15-24(41-26(33-15)25-31-9-4-10-32-25)27(37)36-13-19-20(14-36)23(19)40-22-12-17(16-5-7-18(30)8-6-16)11-21(34-22)29(2,3)35-28(38)39/h4-12,19-20,23,35H,13-14H2,1-3H3,(H,38,39)/t19-,20+,23-. The van der Waals surface area contributed by atoms with Crippen LogP contribution in [0, 0.1) is 24.6 Å². The Bertz CT molecular complexity index is 1620. The van der Waals surface area contributed by atoms with E-state index in [9.17, 15) is 19.1 Å². The van der Waals surface area contributed by atoms with Crippen LogP contribution in [0.3, 0.4) is 0 Å². The normalized spacial score (nSPS) is 19.5. The third-order valence-electron chi connectivity index (χ3n) is 7.45. The molecule has 1 aliphatic heterocycles. The van der Waals surface area contributed by atoms with Crippen molar-refractivity contribution >= 4 is 23.3 Å². The molecular weight excluding hydrogens is 547 g/mol. The molecule has 0 spiro atoms. The number of nitrogens with zero attached hydrogens (tertiary/aromatic N) is 5. The van der Waals surface area contributed by atoms with Crippen molar-refractivity contribution in [2.75, 3.05) is 13.1 Å². The molecule has 3 atom stereocenters. The van der Waals surface area contributed by atoms with Gasteiger partial charge >= 0.3 is 6.09 Å². The molecule has 1 saturated carbocycles. The maximum absolute atomic E-state index is 13.6. The molecule has 1 aromatic carbocycles. The lowest BCUT2D eigenvalue weighted by atomic mass is 9.96. The predicted molar refractivity (Wildman–Crippen MR) is 149 cm³/mol. The Kier molecular flexibility index (Phi) is 6.65. The zero-order valence-electron chi connectivity index (χ0n) is 22.5. The highest BCUT2D eigenvalue weighted by Crippen LogP contribution is 2.48. The van der Waals surface area contributed by atoms with Crippen LogP contribution in [0.1, 0.15) is 34.9 Å². The van der Waals surface area contributed by atoms with E-state index in [1.165, 1.54) is 23.5 Å². The lowest BCUT2D eigenvalue weighted by Gasteiger charge is -2.25. The number of nitrogens with one attached hydrogen (secondary N) is 1. The molecule has 41 heavy (non-hydrogen) atoms. The van der Waals surface area contributed by atoms with E-state index in [0.29, 0.717) is 46.1 Å². The van der Waals surface area contributed by atoms with E-state index in [-0.39, 0.29) is 29.7 Å². The van der Waals surface area contributed by atoms with E-state index in [2.05, 4.69) is 25.3 Å². The minimum atomic E-state index is -1.17. The number of rotatable bonds is 7. The number of piperidine rings is 1. The number of aromatic nitrogens is 4. The largest absolute Gasteiger partial charge is 0.474 e. The second kappa shape index (κ2) is 10.2. The van der Waals surface area contributed by atoms with E-state index in [0.717, 1.165) is 11.1 Å². The van der Waals surface area contributed by atoms with Crippen LogP contribution < -0.4 is 10.1 Å². The van der Waals surface area contributed by atoms with Crippen LogP contribution >= 0.6 is 11.3 Å². The molecule has 4 heterocycles. The summed E-state index contributed by atoms with van der Waals surface area (Å²) in [4.78, 5) is 44.8. The molecule has 0 unspecified atom stereocenters. The number of hydrogen-bond acceptors (Lipinski definition) is 8. The SMILES string of the molecule is Cc1nc(-c2ncccn2)sc1C(=O)N1C[C@@H]2[C@H](C1)[C@@H]2Oc1cc(-c2ccc(F)cc2)cc(C(C)(C)NC(=O)O)n1. The Morgan fingerprint density at radius 2 is 1.76 bits per heavy atom. The van der Waals surface area contributed by atoms with Gasteiger partial charge < -0.3 is 20.1 Å². The van der Waals surface area contributed by atoms with Crippen molar-refractivity contribution in [3.63, 3.8) is 0 Å². The van der Waals surface area contributed by atoms with E-state index in [1.807, 2.05) is 11.8 Å². The van der Waals surface area contributed by atoms with Gasteiger partial charge in [-0.3, -0.25) is 4.79 Å². The second-order valence-corrected chi connectivity index (χ2v) is 11.8. The monoisotopic (exact) mass is 574 g/mol. The predicted octanol–water partition coefficient (Wildman–Crippen LogP) is 4.76. The third kappa shape index (κ3) is 5.34. The number of hydrogen-bond donors (Lipinski definition) is 2. The molecule has 3 aromatic heterocycles. The van der Waals surface area contributed by atoms with E-state index < -0.39 is 11.6 Å². The average molecular weight is 575 g/mol. The highest BCUT2D eigenvalue weighted by Gasteiger charge is 2.59. The first-order chi connectivity index (χ1) is 19.6. The van der Waals surface area contributed by atoms with Crippen molar-refractivity contribution in [2.24, 2.45) is 11.8 Å². The Hall–Kier alpha value is -4.45. The summed E-state index contributed by atoms with van der Waals surface area (Å²) in [7, 11) is 0. The average Bonchev–Trinajstić information content (AvgIpc) is 3.26. The smallest absolute Gasteiger partial charge is 0.405 e. The van der Waals surface area contributed by atoms with Crippen LogP contribution in [0.5, 0.6) is 5.88 Å². The van der Waals surface area contributed by atoms with Crippen molar-refractivity contribution in [3.05, 3.63) is 76.9 Å². The van der Waals surface area contributed by atoms with Crippen LogP contribution in [-0.2, 0) is 5.54 Å². The number of carbonyl (C=O) groups excluding carboxylic acids is 1. The number of amides is 2. The van der Waals surface area contributed by atoms with Crippen LogP contribution in [0.15, 0.2) is 54.9 Å². The van der Waals surface area contributed by atoms with Gasteiger partial charge in [-0.25, -0.2) is 29.1 Å². The Morgan fingerprint density at radius 1 is 1.07 bits per heavy atom. The van der Waals surface area contributed by atoms with Crippen LogP contribution in [-0.4, -0.2) is 61.1 Å². The summed E-state index contributed by atoms with van der Waals surface area (Å²) in [6.45, 7) is 6.36. The topological polar surface area (TPSA) is 130 Å². The fourth-order valence-corrected chi connectivity index (χ4v) is 6.20. The molecule has 210 valence electrons. The number of fused-ring (bicyclic) bond motifs is 1. The van der Waals surface area contributed by atoms with Gasteiger partial charge in [0.25, 0.3) is 5.91 Å². The summed E-state index contributed by atoms with van der Waals surface area (Å²) < 4.78 is 19.9. The molecule has 0 bridgehead atoms. The number of aryl methyl sites for hydroxylation is 1. The Morgan fingerprint density at radius 3 is 2.41 bits per heavy atom. The minimum Gasteiger partial charge on any atom is -0.474 e. The highest BCUT2D eigenvalue weighted by molar-refractivity contribution is 7.17. The van der Waals surface area contributed by atoms with Gasteiger partial charge in [-0.15, -0.1) is 11.3 Å². The number of likely N-dealkylation sites (tertiary alicyclic amines) is 1. The van der Waals surface area contributed by atoms with Crippen molar-refractivity contribution < 1.29 is 23.8 Å². The summed E-state index contributed by atoms with van der Waals surface area (Å²) in [6.07, 6.45) is 2.00. The van der Waals surface area contributed by atoms with Gasteiger partial charge in [0.15, 0.2) is 10.8 Å². The van der Waals surface area contributed by atoms with Crippen molar-refractivity contribution in [1.82, 2.24) is 30.2 Å². The molecular formula is C29H27FN6O4S. The summed E-state index contributed by atoms with van der Waals surface area (Å²) in [5.41, 5.74) is 1.60. The summed E-state index contributed by atoms with van der Waals surface area (Å²) in [5.74, 6) is 0.755. The molecule has 1 aliphatic carbocycles. The van der Waals surface area contributed by atoms with Crippen molar-refractivity contribution in [2.45, 2.75) is 32.4 Å². The second-order valence-electron chi connectivity index (χ2n) is 10.8. The molecule has 2 N–H and O–H groups in total. The minimum absolute atomic E-state index is 0.0617. The molecule has 4 aromatic rings. The number of halogens is 1. The first-order valence-corrected chi connectivity index (χ1v) is 13.9. The van der Waals surface area contributed by atoms with Crippen LogP contribution in [0.2, 0.25) is 0 Å². The first kappa shape index (κ1) is 26.8. The number of ether oxygens (including phenoxy) is 1. The van der Waals surface area contributed by atoms with Gasteiger partial charge in [0, 0.05) is 43.4 Å². The summed E-state index contributed by atoms with van der Waals surface area (Å²) in [5, 5.41) is 12.4. The van der Waals surface area contributed by atoms with Gasteiger partial charge in [0.2, 0.25) is 5.88 Å². The van der Waals surface area contributed by atoms with E-state index in [1.54, 1.807) is 56.6 Å². The van der Waals surface area contributed by atoms with E-state index in [4.69, 9.17) is 4.74 Å². The van der Waals surface area contributed by atoms with Gasteiger partial charge in [-0.05, 0) is 56.2 Å². The Labute approximate surface area is 239 Å². The molecule has 2 amide bonds. The Balaban J connectivity index is 1.18. The first-order valence-electron chi connectivity index (χ1n) is 13.1. The zero-order valence-corrected chi connectivity index (χ0v) is 23.4. The number of pyridine rings is 1. The fraction of sp³-hybridized carbons (Fsp3) is 0.310. The maximum atomic E-state index is 13.6. The number of thiazole rings is 1. The summed E-state index contributed by atoms with van der Waals surface area (Å²) >= 11 is 1.30. The molecule has 10 nitrogen and oxygen atoms in total. The molecule has 1 saturated heterocycles. The van der Waals surface area contributed by atoms with Gasteiger partial charge in [-0.1, -0.05) is 12.1 Å². The third-order valence-corrected chi connectivity index (χ3v) is 8.59. The van der Waals surface area contributed by atoms with Gasteiger partial charge in [0.1, 0.15) is 16.8 Å². The fourth-order valence-electron chi connectivity index (χ4n) is 5.22. The number of carbonyl (C=O) groups is 2. The van der Waals surface area contributed by atoms with Crippen molar-refractivity contribution in [3.8, 4) is 27.8 Å². The van der Waals surface area contributed by atoms with Gasteiger partial charge in [0.05, 0.1) is 16.9 Å². The number of benzene rings is 1. The molecule has 2 fully saturated rings.